The van der Waals surface area contributed by atoms with Crippen LogP contribution in [0.2, 0.25) is 0 Å². The van der Waals surface area contributed by atoms with E-state index in [0.717, 1.165) is 22.3 Å². The van der Waals surface area contributed by atoms with Crippen LogP contribution in [0.1, 0.15) is 27.0 Å². The Bertz CT molecular complexity index is 1360. The van der Waals surface area contributed by atoms with Crippen LogP contribution in [0.5, 0.6) is 5.75 Å². The maximum atomic E-state index is 13.4. The van der Waals surface area contributed by atoms with E-state index in [1.165, 1.54) is 10.6 Å². The van der Waals surface area contributed by atoms with Crippen LogP contribution in [0, 0.1) is 0 Å². The number of rotatable bonds is 7. The molecule has 2 aliphatic rings. The van der Waals surface area contributed by atoms with E-state index in [-0.39, 0.29) is 5.78 Å². The number of aromatic nitrogens is 1. The zero-order chi connectivity index (χ0) is 24.4. The highest BCUT2D eigenvalue weighted by Crippen LogP contribution is 2.43. The Morgan fingerprint density at radius 1 is 0.886 bits per heavy atom. The van der Waals surface area contributed by atoms with Gasteiger partial charge in [0.2, 0.25) is 10.0 Å². The van der Waals surface area contributed by atoms with Crippen molar-refractivity contribution in [2.24, 2.45) is 0 Å². The number of ketones is 1. The van der Waals surface area contributed by atoms with E-state index in [2.05, 4.69) is 9.88 Å². The molecule has 1 aliphatic heterocycles. The molecule has 0 spiro atoms. The maximum absolute atomic E-state index is 13.4. The van der Waals surface area contributed by atoms with Gasteiger partial charge in [0.15, 0.2) is 5.78 Å². The van der Waals surface area contributed by atoms with Crippen LogP contribution >= 0.6 is 0 Å². The van der Waals surface area contributed by atoms with Gasteiger partial charge >= 0.3 is 0 Å². The Hall–Kier alpha value is -3.33. The summed E-state index contributed by atoms with van der Waals surface area (Å²) in [7, 11) is -3.14. The zero-order valence-electron chi connectivity index (χ0n) is 19.6. The number of fused-ring (bicyclic) bond motifs is 1. The minimum atomic E-state index is -3.14. The molecule has 7 nitrogen and oxygen atoms in total. The molecule has 1 saturated heterocycles. The van der Waals surface area contributed by atoms with Gasteiger partial charge in [0.05, 0.1) is 6.26 Å². The number of carbonyl (C=O) groups is 1. The van der Waals surface area contributed by atoms with Crippen LogP contribution in [0.25, 0.3) is 11.1 Å². The fourth-order valence-corrected chi connectivity index (χ4v) is 5.50. The van der Waals surface area contributed by atoms with Gasteiger partial charge in [-0.15, -0.1) is 0 Å². The van der Waals surface area contributed by atoms with Crippen molar-refractivity contribution < 1.29 is 17.9 Å². The third-order valence-corrected chi connectivity index (χ3v) is 7.77. The first-order valence-corrected chi connectivity index (χ1v) is 13.5. The Kier molecular flexibility index (Phi) is 6.51. The molecule has 2 aromatic carbocycles. The highest BCUT2D eigenvalue weighted by molar-refractivity contribution is 7.88. The summed E-state index contributed by atoms with van der Waals surface area (Å²) in [4.78, 5) is 19.9. The lowest BCUT2D eigenvalue weighted by molar-refractivity contribution is 0.105. The molecule has 3 aromatic rings. The summed E-state index contributed by atoms with van der Waals surface area (Å²) < 4.78 is 31.0. The number of benzene rings is 2. The predicted octanol–water partition coefficient (Wildman–Crippen LogP) is 3.19. The molecule has 5 rings (SSSR count). The summed E-state index contributed by atoms with van der Waals surface area (Å²) in [6.45, 7) is 3.56. The van der Waals surface area contributed by atoms with E-state index < -0.39 is 10.0 Å². The zero-order valence-corrected chi connectivity index (χ0v) is 20.4. The number of hydrogen-bond donors (Lipinski definition) is 0. The van der Waals surface area contributed by atoms with Crippen molar-refractivity contribution in [1.29, 1.82) is 0 Å². The maximum Gasteiger partial charge on any atom is 0.211 e. The SMILES string of the molecule is CS(=O)(=O)N1CCN(CCOc2ccc3c(c2)C(c2ccccc2)=C(c2cccnc2)C3=O)CC1. The number of hydrogen-bond acceptors (Lipinski definition) is 6. The average molecular weight is 490 g/mol. The number of carbonyl (C=O) groups excluding carboxylic acids is 1. The van der Waals surface area contributed by atoms with Gasteiger partial charge in [-0.05, 0) is 35.4 Å². The van der Waals surface area contributed by atoms with Gasteiger partial charge in [0, 0.05) is 67.4 Å². The number of nitrogens with zero attached hydrogens (tertiary/aromatic N) is 3. The summed E-state index contributed by atoms with van der Waals surface area (Å²) in [6.07, 6.45) is 4.68. The minimum absolute atomic E-state index is 0.0119. The van der Waals surface area contributed by atoms with E-state index in [9.17, 15) is 13.2 Å². The largest absolute Gasteiger partial charge is 0.492 e. The molecule has 0 atom stereocenters. The Morgan fingerprint density at radius 3 is 2.31 bits per heavy atom. The van der Waals surface area contributed by atoms with Gasteiger partial charge in [-0.2, -0.15) is 4.31 Å². The highest BCUT2D eigenvalue weighted by atomic mass is 32.2. The minimum Gasteiger partial charge on any atom is -0.492 e. The van der Waals surface area contributed by atoms with Gasteiger partial charge in [-0.3, -0.25) is 14.7 Å². The molecular formula is C27H27N3O4S. The quantitative estimate of drug-likeness (QED) is 0.507. The smallest absolute Gasteiger partial charge is 0.211 e. The number of allylic oxidation sites excluding steroid dienone is 1. The molecule has 8 heteroatoms. The van der Waals surface area contributed by atoms with Crippen molar-refractivity contribution >= 4 is 27.0 Å². The van der Waals surface area contributed by atoms with Gasteiger partial charge < -0.3 is 4.74 Å². The molecule has 35 heavy (non-hydrogen) atoms. The highest BCUT2D eigenvalue weighted by Gasteiger charge is 2.32. The molecule has 180 valence electrons. The van der Waals surface area contributed by atoms with E-state index >= 15 is 0 Å². The summed E-state index contributed by atoms with van der Waals surface area (Å²) in [5.74, 6) is 0.689. The van der Waals surface area contributed by atoms with Crippen molar-refractivity contribution in [2.75, 3.05) is 45.6 Å². The number of piperazine rings is 1. The summed E-state index contributed by atoms with van der Waals surface area (Å²) >= 11 is 0. The van der Waals surface area contributed by atoms with Crippen molar-refractivity contribution in [1.82, 2.24) is 14.2 Å². The van der Waals surface area contributed by atoms with Gasteiger partial charge in [0.1, 0.15) is 12.4 Å². The molecule has 0 radical (unpaired) electrons. The van der Waals surface area contributed by atoms with Crippen LogP contribution in [-0.2, 0) is 10.0 Å². The predicted molar refractivity (Wildman–Crippen MR) is 136 cm³/mol. The normalized spacial score (nSPS) is 17.0. The molecule has 0 saturated carbocycles. The molecule has 1 aliphatic carbocycles. The summed E-state index contributed by atoms with van der Waals surface area (Å²) in [5, 5.41) is 0. The van der Waals surface area contributed by atoms with Crippen molar-refractivity contribution in [3.8, 4) is 5.75 Å². The second-order valence-corrected chi connectivity index (χ2v) is 10.7. The Labute approximate surface area is 205 Å². The molecule has 0 bridgehead atoms. The fraction of sp³-hybridized carbons (Fsp3) is 0.259. The third-order valence-electron chi connectivity index (χ3n) is 6.47. The van der Waals surface area contributed by atoms with Crippen LogP contribution in [0.3, 0.4) is 0 Å². The monoisotopic (exact) mass is 489 g/mol. The second kappa shape index (κ2) is 9.73. The molecule has 0 amide bonds. The molecule has 1 aromatic heterocycles. The number of Topliss-reactive ketones (excluding diaryl/α,β-unsaturated/α-hetero) is 1. The van der Waals surface area contributed by atoms with E-state index in [0.29, 0.717) is 56.2 Å². The first kappa shape index (κ1) is 23.4. The van der Waals surface area contributed by atoms with Crippen molar-refractivity contribution in [3.05, 3.63) is 95.3 Å². The van der Waals surface area contributed by atoms with Gasteiger partial charge in [-0.25, -0.2) is 8.42 Å². The standard InChI is InChI=1S/C27H27N3O4S/c1-35(32,33)30-14-12-29(13-15-30)16-17-34-22-9-10-23-24(18-22)25(20-6-3-2-4-7-20)26(27(23)31)21-8-5-11-28-19-21/h2-11,18-19H,12-17H2,1H3. The second-order valence-electron chi connectivity index (χ2n) is 8.75. The first-order chi connectivity index (χ1) is 16.9. The first-order valence-electron chi connectivity index (χ1n) is 11.6. The van der Waals surface area contributed by atoms with E-state index in [4.69, 9.17) is 4.74 Å². The lowest BCUT2D eigenvalue weighted by Gasteiger charge is -2.33. The van der Waals surface area contributed by atoms with Crippen LogP contribution < -0.4 is 4.74 Å². The van der Waals surface area contributed by atoms with Crippen molar-refractivity contribution in [3.63, 3.8) is 0 Å². The molecular weight excluding hydrogens is 462 g/mol. The molecule has 0 N–H and O–H groups in total. The number of ether oxygens (including phenoxy) is 1. The molecule has 0 unspecified atom stereocenters. The van der Waals surface area contributed by atoms with Gasteiger partial charge in [-0.1, -0.05) is 36.4 Å². The Balaban J connectivity index is 1.36. The van der Waals surface area contributed by atoms with Crippen LogP contribution in [0.4, 0.5) is 0 Å². The van der Waals surface area contributed by atoms with E-state index in [1.807, 2.05) is 60.7 Å². The van der Waals surface area contributed by atoms with Crippen molar-refractivity contribution in [2.45, 2.75) is 0 Å². The fourth-order valence-electron chi connectivity index (χ4n) is 4.67. The van der Waals surface area contributed by atoms with Crippen LogP contribution in [-0.4, -0.2) is 74.0 Å². The lowest BCUT2D eigenvalue weighted by Crippen LogP contribution is -2.49. The molecule has 2 heterocycles. The third kappa shape index (κ3) is 4.91. The lowest BCUT2D eigenvalue weighted by atomic mass is 9.95. The number of sulfonamides is 1. The molecule has 1 fully saturated rings. The summed E-state index contributed by atoms with van der Waals surface area (Å²) in [6, 6.07) is 19.3. The average Bonchev–Trinajstić information content (AvgIpc) is 3.16. The van der Waals surface area contributed by atoms with Crippen LogP contribution in [0.15, 0.2) is 73.1 Å². The van der Waals surface area contributed by atoms with E-state index in [1.54, 1.807) is 12.4 Å². The van der Waals surface area contributed by atoms with Gasteiger partial charge in [0.25, 0.3) is 0 Å². The summed E-state index contributed by atoms with van der Waals surface area (Å²) in [5.41, 5.74) is 4.83. The number of pyridine rings is 1. The Morgan fingerprint density at radius 2 is 1.63 bits per heavy atom. The topological polar surface area (TPSA) is 79.8 Å².